The number of hydrogen-bond acceptors (Lipinski definition) is 4. The van der Waals surface area contributed by atoms with E-state index in [0.717, 1.165) is 6.26 Å². The van der Waals surface area contributed by atoms with Crippen molar-refractivity contribution in [3.63, 3.8) is 0 Å². The van der Waals surface area contributed by atoms with Gasteiger partial charge in [0.25, 0.3) is 0 Å². The fourth-order valence-corrected chi connectivity index (χ4v) is 3.57. The van der Waals surface area contributed by atoms with Crippen LogP contribution in [0.25, 0.3) is 0 Å². The largest absolute Gasteiger partial charge is 0.481 e. The van der Waals surface area contributed by atoms with E-state index in [1.807, 2.05) is 0 Å². The van der Waals surface area contributed by atoms with Crippen molar-refractivity contribution in [2.24, 2.45) is 0 Å². The van der Waals surface area contributed by atoms with E-state index in [-0.39, 0.29) is 17.9 Å². The number of hydrogen-bond donors (Lipinski definition) is 2. The molecule has 0 spiro atoms. The van der Waals surface area contributed by atoms with Crippen LogP contribution in [0.4, 0.5) is 0 Å². The smallest absolute Gasteiger partial charge is 0.315 e. The Labute approximate surface area is 152 Å². The molecule has 2 rings (SSSR count). The van der Waals surface area contributed by atoms with Crippen LogP contribution in [-0.2, 0) is 31.3 Å². The molecule has 6 nitrogen and oxygen atoms in total. The molecule has 0 saturated heterocycles. The van der Waals surface area contributed by atoms with Crippen LogP contribution in [0, 0.1) is 0 Å². The lowest BCUT2D eigenvalue weighted by Gasteiger charge is -2.25. The number of benzene rings is 2. The molecule has 0 radical (unpaired) electrons. The first-order valence-corrected chi connectivity index (χ1v) is 9.87. The molecular weight excluding hydrogens is 354 g/mol. The SMILES string of the molecule is CC(CNC(=O)Cc1ccccc1S(C)(=O)=O)(C(=O)O)c1ccccc1. The third-order valence-electron chi connectivity index (χ3n) is 4.25. The normalized spacial score (nSPS) is 13.6. The van der Waals surface area contributed by atoms with Crippen molar-refractivity contribution >= 4 is 21.7 Å². The van der Waals surface area contributed by atoms with E-state index in [9.17, 15) is 23.1 Å². The Morgan fingerprint density at radius 2 is 1.62 bits per heavy atom. The molecule has 0 aliphatic heterocycles. The summed E-state index contributed by atoms with van der Waals surface area (Å²) in [4.78, 5) is 24.1. The first-order valence-electron chi connectivity index (χ1n) is 7.98. The highest BCUT2D eigenvalue weighted by atomic mass is 32.2. The van der Waals surface area contributed by atoms with Gasteiger partial charge in [0.2, 0.25) is 5.91 Å². The number of carboxylic acid groups (broad SMARTS) is 1. The molecule has 2 aromatic rings. The summed E-state index contributed by atoms with van der Waals surface area (Å²) >= 11 is 0. The molecule has 0 aliphatic carbocycles. The van der Waals surface area contributed by atoms with Crippen LogP contribution in [0.5, 0.6) is 0 Å². The van der Waals surface area contributed by atoms with Crippen molar-refractivity contribution in [3.8, 4) is 0 Å². The second-order valence-corrected chi connectivity index (χ2v) is 8.32. The maximum absolute atomic E-state index is 12.3. The van der Waals surface area contributed by atoms with Gasteiger partial charge >= 0.3 is 5.97 Å². The van der Waals surface area contributed by atoms with Gasteiger partial charge in [-0.25, -0.2) is 8.42 Å². The van der Waals surface area contributed by atoms with E-state index in [1.165, 1.54) is 13.0 Å². The van der Waals surface area contributed by atoms with Crippen LogP contribution in [-0.4, -0.2) is 38.2 Å². The molecule has 0 aliphatic rings. The number of carbonyl (C=O) groups excluding carboxylic acids is 1. The predicted molar refractivity (Wildman–Crippen MR) is 97.7 cm³/mol. The van der Waals surface area contributed by atoms with Crippen molar-refractivity contribution in [1.29, 1.82) is 0 Å². The Balaban J connectivity index is 2.15. The summed E-state index contributed by atoms with van der Waals surface area (Å²) in [6, 6.07) is 14.9. The second-order valence-electron chi connectivity index (χ2n) is 6.34. The highest BCUT2D eigenvalue weighted by molar-refractivity contribution is 7.90. The topological polar surface area (TPSA) is 101 Å². The van der Waals surface area contributed by atoms with Gasteiger partial charge in [0.1, 0.15) is 5.41 Å². The molecule has 0 bridgehead atoms. The molecular formula is C19H21NO5S. The van der Waals surface area contributed by atoms with Gasteiger partial charge in [-0.05, 0) is 24.1 Å². The van der Waals surface area contributed by atoms with Crippen molar-refractivity contribution < 1.29 is 23.1 Å². The lowest BCUT2D eigenvalue weighted by Crippen LogP contribution is -2.44. The first kappa shape index (κ1) is 19.7. The van der Waals surface area contributed by atoms with Gasteiger partial charge in [0, 0.05) is 12.8 Å². The van der Waals surface area contributed by atoms with Crippen molar-refractivity contribution in [3.05, 3.63) is 65.7 Å². The van der Waals surface area contributed by atoms with Crippen LogP contribution >= 0.6 is 0 Å². The third kappa shape index (κ3) is 4.49. The zero-order chi connectivity index (χ0) is 19.4. The maximum Gasteiger partial charge on any atom is 0.315 e. The molecule has 7 heteroatoms. The molecule has 26 heavy (non-hydrogen) atoms. The molecule has 0 fully saturated rings. The summed E-state index contributed by atoms with van der Waals surface area (Å²) in [6.45, 7) is 1.43. The van der Waals surface area contributed by atoms with E-state index < -0.39 is 27.1 Å². The Morgan fingerprint density at radius 1 is 1.04 bits per heavy atom. The predicted octanol–water partition coefficient (Wildman–Crippen LogP) is 1.79. The molecule has 138 valence electrons. The Bertz CT molecular complexity index is 909. The van der Waals surface area contributed by atoms with Gasteiger partial charge in [-0.1, -0.05) is 48.5 Å². The summed E-state index contributed by atoms with van der Waals surface area (Å²) in [5.41, 5.74) is -0.332. The highest BCUT2D eigenvalue weighted by Crippen LogP contribution is 2.23. The summed E-state index contributed by atoms with van der Waals surface area (Å²) in [5.74, 6) is -1.50. The number of nitrogens with one attached hydrogen (secondary N) is 1. The summed E-state index contributed by atoms with van der Waals surface area (Å²) in [7, 11) is -3.45. The fraction of sp³-hybridized carbons (Fsp3) is 0.263. The van der Waals surface area contributed by atoms with Crippen LogP contribution in [0.1, 0.15) is 18.1 Å². The average Bonchev–Trinajstić information content (AvgIpc) is 2.60. The molecule has 2 N–H and O–H groups in total. The molecule has 1 amide bonds. The van der Waals surface area contributed by atoms with Crippen molar-refractivity contribution in [2.45, 2.75) is 23.7 Å². The van der Waals surface area contributed by atoms with Gasteiger partial charge < -0.3 is 10.4 Å². The number of carboxylic acids is 1. The zero-order valence-electron chi connectivity index (χ0n) is 14.6. The lowest BCUT2D eigenvalue weighted by molar-refractivity contribution is -0.143. The van der Waals surface area contributed by atoms with Crippen LogP contribution in [0.2, 0.25) is 0 Å². The quantitative estimate of drug-likeness (QED) is 0.768. The third-order valence-corrected chi connectivity index (χ3v) is 5.44. The minimum atomic E-state index is -3.45. The lowest BCUT2D eigenvalue weighted by atomic mass is 9.82. The molecule has 1 atom stereocenters. The van der Waals surface area contributed by atoms with E-state index >= 15 is 0 Å². The standard InChI is InChI=1S/C19H21NO5S/c1-19(18(22)23,15-9-4-3-5-10-15)13-20-17(21)12-14-8-6-7-11-16(14)26(2,24)25/h3-11H,12-13H2,1-2H3,(H,20,21)(H,22,23). The molecule has 1 unspecified atom stereocenters. The molecule has 0 aromatic heterocycles. The van der Waals surface area contributed by atoms with E-state index in [4.69, 9.17) is 0 Å². The number of amides is 1. The van der Waals surface area contributed by atoms with Crippen LogP contribution < -0.4 is 5.32 Å². The van der Waals surface area contributed by atoms with Crippen LogP contribution in [0.15, 0.2) is 59.5 Å². The average molecular weight is 375 g/mol. The van der Waals surface area contributed by atoms with Gasteiger partial charge in [-0.3, -0.25) is 9.59 Å². The Morgan fingerprint density at radius 3 is 2.19 bits per heavy atom. The molecule has 0 heterocycles. The second kappa shape index (κ2) is 7.70. The van der Waals surface area contributed by atoms with Gasteiger partial charge in [-0.15, -0.1) is 0 Å². The minimum Gasteiger partial charge on any atom is -0.481 e. The van der Waals surface area contributed by atoms with Crippen LogP contribution in [0.3, 0.4) is 0 Å². The summed E-state index contributed by atoms with van der Waals surface area (Å²) < 4.78 is 23.6. The summed E-state index contributed by atoms with van der Waals surface area (Å²) in [5, 5.41) is 12.2. The first-order chi connectivity index (χ1) is 12.1. The van der Waals surface area contributed by atoms with E-state index in [2.05, 4.69) is 5.32 Å². The van der Waals surface area contributed by atoms with Crippen molar-refractivity contribution in [2.75, 3.05) is 12.8 Å². The van der Waals surface area contributed by atoms with Gasteiger partial charge in [0.15, 0.2) is 9.84 Å². The Hall–Kier alpha value is -2.67. The van der Waals surface area contributed by atoms with Gasteiger partial charge in [-0.2, -0.15) is 0 Å². The van der Waals surface area contributed by atoms with E-state index in [1.54, 1.807) is 48.5 Å². The highest BCUT2D eigenvalue weighted by Gasteiger charge is 2.35. The number of sulfone groups is 1. The van der Waals surface area contributed by atoms with E-state index in [0.29, 0.717) is 11.1 Å². The van der Waals surface area contributed by atoms with Gasteiger partial charge in [0.05, 0.1) is 11.3 Å². The number of carbonyl (C=O) groups is 2. The van der Waals surface area contributed by atoms with Crippen molar-refractivity contribution in [1.82, 2.24) is 5.32 Å². The zero-order valence-corrected chi connectivity index (χ0v) is 15.4. The minimum absolute atomic E-state index is 0.0965. The monoisotopic (exact) mass is 375 g/mol. The molecule has 0 saturated carbocycles. The Kier molecular flexibility index (Phi) is 5.82. The summed E-state index contributed by atoms with van der Waals surface area (Å²) in [6.07, 6.45) is 0.939. The molecule has 2 aromatic carbocycles. The maximum atomic E-state index is 12.3. The number of rotatable bonds is 7. The number of aliphatic carboxylic acids is 1. The fourth-order valence-electron chi connectivity index (χ4n) is 2.63.